The lowest BCUT2D eigenvalue weighted by Gasteiger charge is -2.29. The van der Waals surface area contributed by atoms with Gasteiger partial charge in [0.05, 0.1) is 13.2 Å². The van der Waals surface area contributed by atoms with Gasteiger partial charge >= 0.3 is 0 Å². The van der Waals surface area contributed by atoms with Crippen LogP contribution in [0.15, 0.2) is 23.2 Å². The summed E-state index contributed by atoms with van der Waals surface area (Å²) in [6.07, 6.45) is 0. The molecule has 0 radical (unpaired) electrons. The van der Waals surface area contributed by atoms with Gasteiger partial charge < -0.3 is 15.4 Å². The highest BCUT2D eigenvalue weighted by Crippen LogP contribution is 2.08. The van der Waals surface area contributed by atoms with Crippen molar-refractivity contribution in [3.8, 4) is 0 Å². The topological polar surface area (TPSA) is 48.9 Å². The number of benzene rings is 1. The largest absolute Gasteiger partial charge is 0.379 e. The summed E-state index contributed by atoms with van der Waals surface area (Å²) in [4.78, 5) is 6.66. The van der Waals surface area contributed by atoms with E-state index in [0.717, 1.165) is 50.9 Å². The van der Waals surface area contributed by atoms with Crippen molar-refractivity contribution in [3.05, 3.63) is 35.1 Å². The molecular formula is C18H30FIN4O. The zero-order valence-corrected chi connectivity index (χ0v) is 17.7. The summed E-state index contributed by atoms with van der Waals surface area (Å²) in [5.41, 5.74) is 1.57. The van der Waals surface area contributed by atoms with Crippen molar-refractivity contribution in [3.63, 3.8) is 0 Å². The predicted molar refractivity (Wildman–Crippen MR) is 111 cm³/mol. The monoisotopic (exact) mass is 464 g/mol. The smallest absolute Gasteiger partial charge is 0.191 e. The van der Waals surface area contributed by atoms with Crippen molar-refractivity contribution >= 4 is 29.9 Å². The van der Waals surface area contributed by atoms with Crippen LogP contribution in [0, 0.1) is 18.7 Å². The Hall–Kier alpha value is -0.930. The Morgan fingerprint density at radius 3 is 2.68 bits per heavy atom. The maximum atomic E-state index is 13.6. The lowest BCUT2D eigenvalue weighted by Crippen LogP contribution is -2.43. The fraction of sp³-hybridized carbons (Fsp3) is 0.611. The summed E-state index contributed by atoms with van der Waals surface area (Å²) in [6.45, 7) is 10.1. The van der Waals surface area contributed by atoms with E-state index in [1.807, 2.05) is 6.07 Å². The van der Waals surface area contributed by atoms with Gasteiger partial charge in [-0.3, -0.25) is 9.89 Å². The van der Waals surface area contributed by atoms with Gasteiger partial charge in [0, 0.05) is 39.8 Å². The van der Waals surface area contributed by atoms with Crippen molar-refractivity contribution in [1.29, 1.82) is 0 Å². The van der Waals surface area contributed by atoms with E-state index >= 15 is 0 Å². The molecule has 25 heavy (non-hydrogen) atoms. The number of ether oxygens (including phenoxy) is 1. The van der Waals surface area contributed by atoms with Crippen LogP contribution in [0.3, 0.4) is 0 Å². The predicted octanol–water partition coefficient (Wildman–Crippen LogP) is 2.39. The number of aryl methyl sites for hydroxylation is 1. The maximum Gasteiger partial charge on any atom is 0.191 e. The molecule has 0 spiro atoms. The van der Waals surface area contributed by atoms with Crippen LogP contribution < -0.4 is 10.6 Å². The van der Waals surface area contributed by atoms with Crippen molar-refractivity contribution in [1.82, 2.24) is 15.5 Å². The quantitative estimate of drug-likeness (QED) is 0.386. The minimum absolute atomic E-state index is 0. The molecule has 142 valence electrons. The van der Waals surface area contributed by atoms with Gasteiger partial charge in [-0.2, -0.15) is 0 Å². The van der Waals surface area contributed by atoms with E-state index in [9.17, 15) is 4.39 Å². The summed E-state index contributed by atoms with van der Waals surface area (Å²) in [6, 6.07) is 5.29. The summed E-state index contributed by atoms with van der Waals surface area (Å²) in [7, 11) is 1.75. The van der Waals surface area contributed by atoms with E-state index in [-0.39, 0.29) is 29.8 Å². The molecule has 0 aliphatic carbocycles. The molecule has 1 saturated heterocycles. The molecule has 1 fully saturated rings. The summed E-state index contributed by atoms with van der Waals surface area (Å²) < 4.78 is 18.9. The molecule has 0 aromatic heterocycles. The average molecular weight is 464 g/mol. The molecule has 7 heteroatoms. The standard InChI is InChI=1S/C18H29FN4O.HI/c1-14(13-23-6-8-24-9-7-23)11-21-18(20-3)22-12-16-5-4-15(2)17(19)10-16;/h4-5,10,14H,6-9,11-13H2,1-3H3,(H2,20,21,22);1H. The van der Waals surface area contributed by atoms with E-state index in [4.69, 9.17) is 4.74 Å². The molecule has 0 bridgehead atoms. The lowest BCUT2D eigenvalue weighted by molar-refractivity contribution is 0.0320. The second-order valence-electron chi connectivity index (χ2n) is 6.41. The van der Waals surface area contributed by atoms with Crippen LogP contribution >= 0.6 is 24.0 Å². The number of morpholine rings is 1. The number of aliphatic imine (C=N–C) groups is 1. The number of nitrogens with zero attached hydrogens (tertiary/aromatic N) is 2. The first-order chi connectivity index (χ1) is 11.6. The van der Waals surface area contributed by atoms with E-state index in [1.165, 1.54) is 0 Å². The van der Waals surface area contributed by atoms with Crippen LogP contribution in [0.25, 0.3) is 0 Å². The van der Waals surface area contributed by atoms with E-state index in [1.54, 1.807) is 26.1 Å². The highest BCUT2D eigenvalue weighted by atomic mass is 127. The summed E-state index contributed by atoms with van der Waals surface area (Å²) in [5, 5.41) is 6.57. The first kappa shape index (κ1) is 22.1. The van der Waals surface area contributed by atoms with Gasteiger partial charge in [0.2, 0.25) is 0 Å². The summed E-state index contributed by atoms with van der Waals surface area (Å²) in [5.74, 6) is 1.08. The molecule has 5 nitrogen and oxygen atoms in total. The third-order valence-corrected chi connectivity index (χ3v) is 4.21. The fourth-order valence-corrected chi connectivity index (χ4v) is 2.71. The van der Waals surface area contributed by atoms with Crippen molar-refractivity contribution < 1.29 is 9.13 Å². The molecule has 1 aromatic carbocycles. The van der Waals surface area contributed by atoms with Crippen LogP contribution in [-0.2, 0) is 11.3 Å². The van der Waals surface area contributed by atoms with Crippen molar-refractivity contribution in [2.24, 2.45) is 10.9 Å². The molecule has 1 aliphatic heterocycles. The van der Waals surface area contributed by atoms with Crippen LogP contribution in [0.2, 0.25) is 0 Å². The van der Waals surface area contributed by atoms with Gasteiger partial charge in [-0.1, -0.05) is 19.1 Å². The van der Waals surface area contributed by atoms with Crippen LogP contribution in [0.5, 0.6) is 0 Å². The Labute approximate surface area is 167 Å². The number of halogens is 2. The molecule has 2 N–H and O–H groups in total. The third kappa shape index (κ3) is 7.87. The lowest BCUT2D eigenvalue weighted by atomic mass is 10.1. The molecule has 1 atom stereocenters. The molecule has 0 amide bonds. The molecule has 2 rings (SSSR count). The van der Waals surface area contributed by atoms with Gasteiger partial charge in [-0.05, 0) is 30.0 Å². The number of hydrogen-bond donors (Lipinski definition) is 2. The van der Waals surface area contributed by atoms with Gasteiger partial charge in [0.25, 0.3) is 0 Å². The Kier molecular flexibility index (Phi) is 10.3. The maximum absolute atomic E-state index is 13.6. The Balaban J connectivity index is 0.00000312. The Morgan fingerprint density at radius 2 is 2.04 bits per heavy atom. The molecular weight excluding hydrogens is 434 g/mol. The summed E-state index contributed by atoms with van der Waals surface area (Å²) >= 11 is 0. The first-order valence-electron chi connectivity index (χ1n) is 8.58. The van der Waals surface area contributed by atoms with Crippen LogP contribution in [0.4, 0.5) is 4.39 Å². The number of rotatable bonds is 6. The van der Waals surface area contributed by atoms with Crippen LogP contribution in [0.1, 0.15) is 18.1 Å². The number of guanidine groups is 1. The molecule has 1 unspecified atom stereocenters. The zero-order valence-electron chi connectivity index (χ0n) is 15.3. The third-order valence-electron chi connectivity index (χ3n) is 4.21. The van der Waals surface area contributed by atoms with Crippen molar-refractivity contribution in [2.75, 3.05) is 46.4 Å². The van der Waals surface area contributed by atoms with E-state index in [2.05, 4.69) is 27.4 Å². The highest BCUT2D eigenvalue weighted by molar-refractivity contribution is 14.0. The molecule has 0 saturated carbocycles. The normalized spacial score (nSPS) is 16.9. The van der Waals surface area contributed by atoms with Crippen molar-refractivity contribution in [2.45, 2.75) is 20.4 Å². The van der Waals surface area contributed by atoms with Gasteiger partial charge in [-0.15, -0.1) is 24.0 Å². The molecule has 1 aromatic rings. The van der Waals surface area contributed by atoms with E-state index < -0.39 is 0 Å². The second-order valence-corrected chi connectivity index (χ2v) is 6.41. The number of hydrogen-bond acceptors (Lipinski definition) is 3. The Morgan fingerprint density at radius 1 is 1.32 bits per heavy atom. The fourth-order valence-electron chi connectivity index (χ4n) is 2.71. The molecule has 1 heterocycles. The highest BCUT2D eigenvalue weighted by Gasteiger charge is 2.13. The zero-order chi connectivity index (χ0) is 17.4. The second kappa shape index (κ2) is 11.6. The average Bonchev–Trinajstić information content (AvgIpc) is 2.59. The minimum atomic E-state index is -0.170. The Bertz CT molecular complexity index is 550. The van der Waals surface area contributed by atoms with Gasteiger partial charge in [0.1, 0.15) is 5.82 Å². The SMILES string of the molecule is CN=C(NCc1ccc(C)c(F)c1)NCC(C)CN1CCOCC1.I. The first-order valence-corrected chi connectivity index (χ1v) is 8.58. The molecule has 1 aliphatic rings. The van der Waals surface area contributed by atoms with Gasteiger partial charge in [0.15, 0.2) is 5.96 Å². The van der Waals surface area contributed by atoms with E-state index in [0.29, 0.717) is 18.0 Å². The van der Waals surface area contributed by atoms with Crippen LogP contribution in [-0.4, -0.2) is 57.3 Å². The number of nitrogens with one attached hydrogen (secondary N) is 2. The minimum Gasteiger partial charge on any atom is -0.379 e. The van der Waals surface area contributed by atoms with Gasteiger partial charge in [-0.25, -0.2) is 4.39 Å².